The molecule has 2 heterocycles. The van der Waals surface area contributed by atoms with E-state index in [0.29, 0.717) is 31.8 Å². The molecule has 0 saturated carbocycles. The van der Waals surface area contributed by atoms with Crippen LogP contribution >= 0.6 is 0 Å². The summed E-state index contributed by atoms with van der Waals surface area (Å²) in [6, 6.07) is 4.16. The highest BCUT2D eigenvalue weighted by atomic mass is 19.4. The van der Waals surface area contributed by atoms with E-state index in [9.17, 15) is 22.8 Å². The number of rotatable bonds is 1. The van der Waals surface area contributed by atoms with Crippen molar-refractivity contribution in [3.05, 3.63) is 35.4 Å². The Labute approximate surface area is 136 Å². The van der Waals surface area contributed by atoms with Gasteiger partial charge >= 0.3 is 6.18 Å². The highest BCUT2D eigenvalue weighted by molar-refractivity contribution is 6.07. The van der Waals surface area contributed by atoms with Crippen molar-refractivity contribution in [2.45, 2.75) is 31.5 Å². The number of hydrogen-bond acceptors (Lipinski definition) is 3. The van der Waals surface area contributed by atoms with E-state index in [1.165, 1.54) is 12.1 Å². The maximum absolute atomic E-state index is 12.6. The Hall–Kier alpha value is -2.38. The molecule has 1 saturated heterocycles. The summed E-state index contributed by atoms with van der Waals surface area (Å²) in [6.07, 6.45) is -3.62. The minimum atomic E-state index is -4.43. The molecule has 1 aromatic carbocycles. The molecule has 1 fully saturated rings. The molecule has 2 amide bonds. The van der Waals surface area contributed by atoms with Crippen molar-refractivity contribution in [3.8, 4) is 0 Å². The van der Waals surface area contributed by atoms with Gasteiger partial charge < -0.3 is 10.2 Å². The maximum Gasteiger partial charge on any atom is 0.416 e. The zero-order chi connectivity index (χ0) is 17.5. The van der Waals surface area contributed by atoms with Crippen LogP contribution in [0, 0.1) is 0 Å². The van der Waals surface area contributed by atoms with E-state index in [0.717, 1.165) is 12.1 Å². The first-order valence-electron chi connectivity index (χ1n) is 7.56. The first kappa shape index (κ1) is 16.5. The van der Waals surface area contributed by atoms with Crippen molar-refractivity contribution >= 4 is 17.6 Å². The number of aliphatic imine (C=N–C) groups is 1. The summed E-state index contributed by atoms with van der Waals surface area (Å²) in [5.41, 5.74) is -1.39. The van der Waals surface area contributed by atoms with Gasteiger partial charge in [-0.15, -0.1) is 0 Å². The monoisotopic (exact) mass is 339 g/mol. The molecule has 1 N–H and O–H groups in total. The Balaban J connectivity index is 1.69. The third-order valence-electron chi connectivity index (χ3n) is 4.44. The topological polar surface area (TPSA) is 61.8 Å². The number of carbonyl (C=O) groups is 2. The second-order valence-electron chi connectivity index (χ2n) is 6.05. The van der Waals surface area contributed by atoms with Gasteiger partial charge in [-0.25, -0.2) is 0 Å². The van der Waals surface area contributed by atoms with Crippen molar-refractivity contribution < 1.29 is 22.8 Å². The van der Waals surface area contributed by atoms with Gasteiger partial charge in [-0.3, -0.25) is 14.6 Å². The van der Waals surface area contributed by atoms with Gasteiger partial charge in [-0.2, -0.15) is 13.2 Å². The number of amides is 2. The second-order valence-corrected chi connectivity index (χ2v) is 6.05. The van der Waals surface area contributed by atoms with Crippen LogP contribution in [0.15, 0.2) is 29.3 Å². The zero-order valence-electron chi connectivity index (χ0n) is 13.0. The molecular formula is C16H16F3N3O2. The predicted molar refractivity (Wildman–Crippen MR) is 80.6 cm³/mol. The van der Waals surface area contributed by atoms with Crippen LogP contribution in [-0.4, -0.2) is 41.2 Å². The molecular weight excluding hydrogens is 323 g/mol. The number of likely N-dealkylation sites (tertiary alicyclic amines) is 1. The molecule has 0 unspecified atom stereocenters. The molecule has 0 atom stereocenters. The molecule has 0 aromatic heterocycles. The molecule has 5 nitrogen and oxygen atoms in total. The van der Waals surface area contributed by atoms with Crippen LogP contribution in [0.2, 0.25) is 0 Å². The molecule has 8 heteroatoms. The fraction of sp³-hybridized carbons (Fsp3) is 0.438. The number of hydrogen-bond donors (Lipinski definition) is 1. The quantitative estimate of drug-likeness (QED) is 0.853. The van der Waals surface area contributed by atoms with Crippen molar-refractivity contribution in [1.29, 1.82) is 0 Å². The molecule has 2 aliphatic heterocycles. The molecule has 1 spiro atoms. The van der Waals surface area contributed by atoms with Crippen LogP contribution in [0.4, 0.5) is 13.2 Å². The van der Waals surface area contributed by atoms with E-state index < -0.39 is 17.3 Å². The van der Waals surface area contributed by atoms with Crippen LogP contribution in [0.5, 0.6) is 0 Å². The first-order chi connectivity index (χ1) is 11.2. The van der Waals surface area contributed by atoms with Crippen LogP contribution in [-0.2, 0) is 11.0 Å². The number of piperidine rings is 1. The first-order valence-corrected chi connectivity index (χ1v) is 7.56. The molecule has 128 valence electrons. The molecule has 24 heavy (non-hydrogen) atoms. The number of nitrogens with one attached hydrogen (secondary N) is 1. The summed E-state index contributed by atoms with van der Waals surface area (Å²) in [4.78, 5) is 30.3. The van der Waals surface area contributed by atoms with Gasteiger partial charge in [-0.1, -0.05) is 0 Å². The number of carbonyl (C=O) groups excluding carboxylic acids is 2. The lowest BCUT2D eigenvalue weighted by atomic mass is 9.87. The summed E-state index contributed by atoms with van der Waals surface area (Å²) < 4.78 is 37.7. The summed E-state index contributed by atoms with van der Waals surface area (Å²) >= 11 is 0. The summed E-state index contributed by atoms with van der Waals surface area (Å²) in [5.74, 6) is 0.0850. The lowest BCUT2D eigenvalue weighted by Crippen LogP contribution is -2.50. The molecule has 0 aliphatic carbocycles. The Morgan fingerprint density at radius 3 is 2.25 bits per heavy atom. The number of halogens is 3. The van der Waals surface area contributed by atoms with Gasteiger partial charge in [0.05, 0.1) is 5.56 Å². The Morgan fingerprint density at radius 1 is 1.21 bits per heavy atom. The Bertz CT molecular complexity index is 702. The number of alkyl halides is 3. The van der Waals surface area contributed by atoms with Gasteiger partial charge in [0.15, 0.2) is 0 Å². The van der Waals surface area contributed by atoms with Gasteiger partial charge in [0.1, 0.15) is 11.4 Å². The summed E-state index contributed by atoms with van der Waals surface area (Å²) in [6.45, 7) is 2.39. The third kappa shape index (κ3) is 2.88. The van der Waals surface area contributed by atoms with E-state index in [1.54, 1.807) is 11.8 Å². The van der Waals surface area contributed by atoms with Crippen molar-refractivity contribution in [2.24, 2.45) is 4.99 Å². The molecule has 0 bridgehead atoms. The highest BCUT2D eigenvalue weighted by Gasteiger charge is 2.45. The van der Waals surface area contributed by atoms with E-state index in [4.69, 9.17) is 0 Å². The van der Waals surface area contributed by atoms with E-state index in [1.807, 2.05) is 0 Å². The van der Waals surface area contributed by atoms with E-state index >= 15 is 0 Å². The average Bonchev–Trinajstić information content (AvgIpc) is 2.80. The number of benzene rings is 1. The minimum Gasteiger partial charge on any atom is -0.338 e. The largest absolute Gasteiger partial charge is 0.416 e. The van der Waals surface area contributed by atoms with Gasteiger partial charge in [-0.05, 0) is 44.0 Å². The Morgan fingerprint density at radius 2 is 1.79 bits per heavy atom. The average molecular weight is 339 g/mol. The Kier molecular flexibility index (Phi) is 3.85. The zero-order valence-corrected chi connectivity index (χ0v) is 13.0. The minimum absolute atomic E-state index is 0.151. The van der Waals surface area contributed by atoms with Crippen LogP contribution in [0.25, 0.3) is 0 Å². The lowest BCUT2D eigenvalue weighted by Gasteiger charge is -2.35. The lowest BCUT2D eigenvalue weighted by molar-refractivity contribution is -0.137. The van der Waals surface area contributed by atoms with Crippen molar-refractivity contribution in [2.75, 3.05) is 13.1 Å². The van der Waals surface area contributed by atoms with Crippen molar-refractivity contribution in [3.63, 3.8) is 0 Å². The summed E-state index contributed by atoms with van der Waals surface area (Å²) in [5, 5.41) is 2.67. The smallest absolute Gasteiger partial charge is 0.338 e. The summed E-state index contributed by atoms with van der Waals surface area (Å²) in [7, 11) is 0. The number of amidine groups is 1. The molecule has 3 rings (SSSR count). The van der Waals surface area contributed by atoms with Crippen LogP contribution in [0.3, 0.4) is 0 Å². The van der Waals surface area contributed by atoms with Crippen LogP contribution in [0.1, 0.15) is 35.7 Å². The SMILES string of the molecule is CC1=NC2(CCN(C(=O)c3ccc(C(F)(F)F)cc3)CC2)C(=O)N1. The fourth-order valence-corrected chi connectivity index (χ4v) is 3.08. The highest BCUT2D eigenvalue weighted by Crippen LogP contribution is 2.31. The fourth-order valence-electron chi connectivity index (χ4n) is 3.08. The van der Waals surface area contributed by atoms with E-state index in [2.05, 4.69) is 10.3 Å². The van der Waals surface area contributed by atoms with E-state index in [-0.39, 0.29) is 17.4 Å². The molecule has 2 aliphatic rings. The van der Waals surface area contributed by atoms with Gasteiger partial charge in [0.2, 0.25) is 0 Å². The standard InChI is InChI=1S/C16H16F3N3O2/c1-10-20-14(24)15(21-10)6-8-22(9-7-15)13(23)11-2-4-12(5-3-11)16(17,18)19/h2-5H,6-9H2,1H3,(H,20,21,24). The number of nitrogens with zero attached hydrogens (tertiary/aromatic N) is 2. The van der Waals surface area contributed by atoms with Crippen molar-refractivity contribution in [1.82, 2.24) is 10.2 Å². The predicted octanol–water partition coefficient (Wildman–Crippen LogP) is 2.23. The van der Waals surface area contributed by atoms with Gasteiger partial charge in [0.25, 0.3) is 11.8 Å². The molecule has 1 aromatic rings. The third-order valence-corrected chi connectivity index (χ3v) is 4.44. The normalized spacial score (nSPS) is 20.1. The maximum atomic E-state index is 12.6. The van der Waals surface area contributed by atoms with Crippen LogP contribution < -0.4 is 5.32 Å². The van der Waals surface area contributed by atoms with Gasteiger partial charge in [0, 0.05) is 18.7 Å². The molecule has 0 radical (unpaired) electrons. The second kappa shape index (κ2) is 5.61.